The molecule has 11 rings (SSSR count). The number of anilines is 3. The van der Waals surface area contributed by atoms with Crippen LogP contribution in [-0.2, 0) is 0 Å². The molecule has 0 amide bonds. The van der Waals surface area contributed by atoms with Crippen LogP contribution >= 0.6 is 11.8 Å². The Balaban J connectivity index is 1.11. The van der Waals surface area contributed by atoms with Crippen LogP contribution in [0.2, 0.25) is 0 Å². The fraction of sp³-hybridized carbons (Fsp3) is 0. The Morgan fingerprint density at radius 1 is 0.328 bits per heavy atom. The van der Waals surface area contributed by atoms with Gasteiger partial charge in [-0.2, -0.15) is 0 Å². The summed E-state index contributed by atoms with van der Waals surface area (Å²) in [4.78, 5) is 4.67. The van der Waals surface area contributed by atoms with Crippen molar-refractivity contribution >= 4 is 72.7 Å². The molecule has 2 heterocycles. The summed E-state index contributed by atoms with van der Waals surface area (Å²) in [6.07, 6.45) is 0. The molecule has 0 aliphatic heterocycles. The maximum Gasteiger partial charge on any atom is 0.137 e. The first-order chi connectivity index (χ1) is 28.7. The van der Waals surface area contributed by atoms with E-state index >= 15 is 0 Å². The Bertz CT molecular complexity index is 3260. The smallest absolute Gasteiger partial charge is 0.137 e. The van der Waals surface area contributed by atoms with Crippen molar-refractivity contribution in [2.24, 2.45) is 0 Å². The molecule has 0 aliphatic rings. The maximum absolute atomic E-state index is 6.51. The Labute approximate surface area is 340 Å². The average molecular weight is 762 g/mol. The third-order valence-corrected chi connectivity index (χ3v) is 12.0. The molecule has 0 fully saturated rings. The summed E-state index contributed by atoms with van der Waals surface area (Å²) >= 11 is 1.79. The minimum atomic E-state index is 0.845. The highest BCUT2D eigenvalue weighted by atomic mass is 32.2. The lowest BCUT2D eigenvalue weighted by atomic mass is 9.99. The molecule has 58 heavy (non-hydrogen) atoms. The van der Waals surface area contributed by atoms with Crippen LogP contribution in [-0.4, -0.2) is 0 Å². The molecule has 2 aromatic heterocycles. The number of fused-ring (bicyclic) bond motifs is 6. The standard InChI is InChI=1S/C54H35NO2S/c1-4-14-36(15-5-1)39-20-12-21-43(32-39)58-53-35-42(26-29-44(53)37-16-6-2-7-17-37)55(41-27-30-47-46-22-10-11-24-49(46)57-52(47)34-41)40-28-31-50-48(33-40)54-45(23-13-25-51(54)56-50)38-18-8-3-9-19-38/h1-35H. The molecule has 0 atom stereocenters. The Morgan fingerprint density at radius 2 is 0.897 bits per heavy atom. The molecule has 0 unspecified atom stereocenters. The highest BCUT2D eigenvalue weighted by Gasteiger charge is 2.21. The van der Waals surface area contributed by atoms with E-state index in [4.69, 9.17) is 8.83 Å². The van der Waals surface area contributed by atoms with Gasteiger partial charge in [0, 0.05) is 54.5 Å². The number of para-hydroxylation sites is 1. The fourth-order valence-corrected chi connectivity index (χ4v) is 9.26. The van der Waals surface area contributed by atoms with Gasteiger partial charge < -0.3 is 13.7 Å². The van der Waals surface area contributed by atoms with Crippen LogP contribution in [0, 0.1) is 0 Å². The summed E-state index contributed by atoms with van der Waals surface area (Å²) in [6, 6.07) is 75.1. The van der Waals surface area contributed by atoms with Crippen molar-refractivity contribution in [1.29, 1.82) is 0 Å². The van der Waals surface area contributed by atoms with E-state index in [-0.39, 0.29) is 0 Å². The van der Waals surface area contributed by atoms with E-state index in [1.54, 1.807) is 11.8 Å². The van der Waals surface area contributed by atoms with Crippen molar-refractivity contribution in [3.05, 3.63) is 212 Å². The lowest BCUT2D eigenvalue weighted by Gasteiger charge is -2.27. The second kappa shape index (κ2) is 14.3. The first kappa shape index (κ1) is 34.0. The van der Waals surface area contributed by atoms with Crippen molar-refractivity contribution in [3.8, 4) is 33.4 Å². The van der Waals surface area contributed by atoms with Crippen molar-refractivity contribution in [2.45, 2.75) is 9.79 Å². The lowest BCUT2D eigenvalue weighted by molar-refractivity contribution is 0.668. The van der Waals surface area contributed by atoms with Crippen molar-refractivity contribution < 1.29 is 8.83 Å². The van der Waals surface area contributed by atoms with Crippen molar-refractivity contribution in [3.63, 3.8) is 0 Å². The molecule has 3 nitrogen and oxygen atoms in total. The molecule has 0 aliphatic carbocycles. The minimum absolute atomic E-state index is 0.845. The van der Waals surface area contributed by atoms with E-state index in [0.717, 1.165) is 77.0 Å². The summed E-state index contributed by atoms with van der Waals surface area (Å²) in [6.45, 7) is 0. The van der Waals surface area contributed by atoms with Crippen LogP contribution in [0.15, 0.2) is 231 Å². The van der Waals surface area contributed by atoms with Crippen molar-refractivity contribution in [2.75, 3.05) is 4.90 Å². The van der Waals surface area contributed by atoms with Crippen LogP contribution in [0.1, 0.15) is 0 Å². The lowest BCUT2D eigenvalue weighted by Crippen LogP contribution is -2.10. The minimum Gasteiger partial charge on any atom is -0.456 e. The normalized spacial score (nSPS) is 11.5. The van der Waals surface area contributed by atoms with Crippen LogP contribution in [0.25, 0.3) is 77.3 Å². The molecule has 0 N–H and O–H groups in total. The zero-order valence-corrected chi connectivity index (χ0v) is 32.2. The van der Waals surface area contributed by atoms with Crippen LogP contribution in [0.3, 0.4) is 0 Å². The van der Waals surface area contributed by atoms with Gasteiger partial charge in [-0.25, -0.2) is 0 Å². The molecule has 274 valence electrons. The summed E-state index contributed by atoms with van der Waals surface area (Å²) in [5.74, 6) is 0. The third-order valence-electron chi connectivity index (χ3n) is 10.9. The van der Waals surface area contributed by atoms with Gasteiger partial charge >= 0.3 is 0 Å². The third kappa shape index (κ3) is 6.12. The second-order valence-corrected chi connectivity index (χ2v) is 15.6. The molecular weight excluding hydrogens is 727 g/mol. The van der Waals surface area contributed by atoms with Crippen LogP contribution < -0.4 is 4.90 Å². The monoisotopic (exact) mass is 761 g/mol. The summed E-state index contributed by atoms with van der Waals surface area (Å²) in [5.41, 5.74) is 13.5. The Hall–Kier alpha value is -7.27. The van der Waals surface area contributed by atoms with Gasteiger partial charge in [0.1, 0.15) is 22.3 Å². The van der Waals surface area contributed by atoms with Gasteiger partial charge in [-0.3, -0.25) is 0 Å². The zero-order valence-electron chi connectivity index (χ0n) is 31.4. The highest BCUT2D eigenvalue weighted by molar-refractivity contribution is 7.99. The second-order valence-electron chi connectivity index (χ2n) is 14.5. The number of rotatable bonds is 8. The quantitative estimate of drug-likeness (QED) is 0.154. The molecule has 0 bridgehead atoms. The molecule has 11 aromatic rings. The molecule has 0 saturated carbocycles. The van der Waals surface area contributed by atoms with Crippen LogP contribution in [0.4, 0.5) is 17.1 Å². The van der Waals surface area contributed by atoms with E-state index in [9.17, 15) is 0 Å². The number of nitrogens with zero attached hydrogens (tertiary/aromatic N) is 1. The summed E-state index contributed by atoms with van der Waals surface area (Å²) in [5, 5.41) is 4.37. The van der Waals surface area contributed by atoms with Gasteiger partial charge in [-0.05, 0) is 100 Å². The molecule has 0 saturated heterocycles. The molecule has 0 radical (unpaired) electrons. The summed E-state index contributed by atoms with van der Waals surface area (Å²) in [7, 11) is 0. The number of furan rings is 2. The molecule has 9 aromatic carbocycles. The Kier molecular flexibility index (Phi) is 8.41. The van der Waals surface area contributed by atoms with E-state index in [1.165, 1.54) is 27.1 Å². The SMILES string of the molecule is c1ccc(-c2cccc(Sc3cc(N(c4ccc5c(c4)oc4ccccc45)c4ccc5oc6cccc(-c7ccccc7)c6c5c4)ccc3-c3ccccc3)c2)cc1. The first-order valence-electron chi connectivity index (χ1n) is 19.5. The van der Waals surface area contributed by atoms with Crippen molar-refractivity contribution in [1.82, 2.24) is 0 Å². The van der Waals surface area contributed by atoms with Gasteiger partial charge in [0.05, 0.1) is 0 Å². The molecule has 0 spiro atoms. The predicted molar refractivity (Wildman–Crippen MR) is 243 cm³/mol. The number of benzene rings is 9. The Morgan fingerprint density at radius 3 is 1.71 bits per heavy atom. The molecular formula is C54H35NO2S. The van der Waals surface area contributed by atoms with E-state index in [1.807, 2.05) is 12.1 Å². The van der Waals surface area contributed by atoms with Gasteiger partial charge in [-0.1, -0.05) is 151 Å². The largest absolute Gasteiger partial charge is 0.456 e. The topological polar surface area (TPSA) is 29.5 Å². The predicted octanol–water partition coefficient (Wildman–Crippen LogP) is 16.1. The van der Waals surface area contributed by atoms with E-state index in [2.05, 4.69) is 205 Å². The zero-order chi connectivity index (χ0) is 38.4. The van der Waals surface area contributed by atoms with Gasteiger partial charge in [0.15, 0.2) is 0 Å². The number of hydrogen-bond acceptors (Lipinski definition) is 4. The van der Waals surface area contributed by atoms with Gasteiger partial charge in [-0.15, -0.1) is 0 Å². The van der Waals surface area contributed by atoms with Crippen LogP contribution in [0.5, 0.6) is 0 Å². The molecule has 4 heteroatoms. The number of hydrogen-bond donors (Lipinski definition) is 0. The summed E-state index contributed by atoms with van der Waals surface area (Å²) < 4.78 is 13.0. The van der Waals surface area contributed by atoms with Gasteiger partial charge in [0.25, 0.3) is 0 Å². The highest BCUT2D eigenvalue weighted by Crippen LogP contribution is 2.46. The first-order valence-corrected chi connectivity index (χ1v) is 20.3. The fourth-order valence-electron chi connectivity index (χ4n) is 8.20. The van der Waals surface area contributed by atoms with Gasteiger partial charge in [0.2, 0.25) is 0 Å². The average Bonchev–Trinajstić information content (AvgIpc) is 3.85. The maximum atomic E-state index is 6.51. The van der Waals surface area contributed by atoms with E-state index in [0.29, 0.717) is 0 Å². The van der Waals surface area contributed by atoms with E-state index < -0.39 is 0 Å².